The first-order chi connectivity index (χ1) is 11.8. The highest BCUT2D eigenvalue weighted by Gasteiger charge is 2.16. The number of hydrogen-bond acceptors (Lipinski definition) is 1. The Morgan fingerprint density at radius 1 is 0.750 bits per heavy atom. The molecule has 0 aliphatic carbocycles. The zero-order valence-corrected chi connectivity index (χ0v) is 16.0. The van der Waals surface area contributed by atoms with E-state index in [1.54, 1.807) is 0 Å². The number of nitrogens with zero attached hydrogens (tertiary/aromatic N) is 1. The molecule has 0 N–H and O–H groups in total. The number of carbonyl (C=O) groups is 1. The molecule has 1 aliphatic rings. The van der Waals surface area contributed by atoms with Gasteiger partial charge >= 0.3 is 0 Å². The number of unbranched alkanes of at least 4 members (excludes halogenated alkanes) is 8. The van der Waals surface area contributed by atoms with Crippen molar-refractivity contribution in [2.24, 2.45) is 0 Å². The minimum Gasteiger partial charge on any atom is -0.343 e. The quantitative estimate of drug-likeness (QED) is 0.265. The molecule has 0 radical (unpaired) electrons. The lowest BCUT2D eigenvalue weighted by atomic mass is 10.1. The normalized spacial score (nSPS) is 15.1. The fraction of sp³-hybridized carbons (Fsp3) is 0.773. The molecule has 2 nitrogen and oxygen atoms in total. The second-order valence-electron chi connectivity index (χ2n) is 7.06. The van der Waals surface area contributed by atoms with Crippen molar-refractivity contribution in [2.45, 2.75) is 96.8 Å². The Hall–Kier alpha value is -1.05. The molecule has 0 unspecified atom stereocenters. The Bertz CT molecular complexity index is 353. The van der Waals surface area contributed by atoms with Crippen LogP contribution in [-0.4, -0.2) is 23.9 Å². The molecular formula is C22H39NO. The maximum atomic E-state index is 11.9. The molecule has 1 saturated heterocycles. The summed E-state index contributed by atoms with van der Waals surface area (Å²) in [6, 6.07) is 0. The summed E-state index contributed by atoms with van der Waals surface area (Å²) < 4.78 is 0. The third-order valence-corrected chi connectivity index (χ3v) is 4.77. The van der Waals surface area contributed by atoms with Gasteiger partial charge in [-0.15, -0.1) is 0 Å². The van der Waals surface area contributed by atoms with Crippen LogP contribution >= 0.6 is 0 Å². The summed E-state index contributed by atoms with van der Waals surface area (Å²) in [5.41, 5.74) is 0. The van der Waals surface area contributed by atoms with Crippen molar-refractivity contribution in [3.63, 3.8) is 0 Å². The maximum absolute atomic E-state index is 11.9. The molecule has 1 amide bonds. The third-order valence-electron chi connectivity index (χ3n) is 4.77. The van der Waals surface area contributed by atoms with Gasteiger partial charge < -0.3 is 4.90 Å². The first-order valence-corrected chi connectivity index (χ1v) is 10.4. The van der Waals surface area contributed by atoms with Crippen LogP contribution in [-0.2, 0) is 4.79 Å². The van der Waals surface area contributed by atoms with Crippen molar-refractivity contribution in [1.82, 2.24) is 4.90 Å². The third kappa shape index (κ3) is 11.5. The molecule has 0 aromatic carbocycles. The minimum atomic E-state index is 0.385. The largest absolute Gasteiger partial charge is 0.343 e. The fourth-order valence-electron chi connectivity index (χ4n) is 3.16. The number of carbonyl (C=O) groups excluding carboxylic acids is 1. The van der Waals surface area contributed by atoms with Crippen LogP contribution in [0.1, 0.15) is 96.8 Å². The lowest BCUT2D eigenvalue weighted by molar-refractivity contribution is -0.130. The van der Waals surface area contributed by atoms with Gasteiger partial charge in [-0.1, -0.05) is 56.9 Å². The van der Waals surface area contributed by atoms with Crippen molar-refractivity contribution in [2.75, 3.05) is 13.1 Å². The highest BCUT2D eigenvalue weighted by atomic mass is 16.2. The first-order valence-electron chi connectivity index (χ1n) is 10.4. The van der Waals surface area contributed by atoms with Crippen LogP contribution < -0.4 is 0 Å². The average molecular weight is 334 g/mol. The van der Waals surface area contributed by atoms with Gasteiger partial charge in [0.15, 0.2) is 0 Å². The van der Waals surface area contributed by atoms with Crippen molar-refractivity contribution < 1.29 is 4.79 Å². The molecular weight excluding hydrogens is 294 g/mol. The Morgan fingerprint density at radius 3 is 1.92 bits per heavy atom. The molecule has 1 fully saturated rings. The van der Waals surface area contributed by atoms with E-state index in [1.807, 2.05) is 4.90 Å². The van der Waals surface area contributed by atoms with Gasteiger partial charge in [-0.2, -0.15) is 0 Å². The number of rotatable bonds is 14. The topological polar surface area (TPSA) is 20.3 Å². The van der Waals surface area contributed by atoms with Crippen LogP contribution in [0, 0.1) is 0 Å². The lowest BCUT2D eigenvalue weighted by Gasteiger charge is -2.14. The Kier molecular flexibility index (Phi) is 13.5. The first kappa shape index (κ1) is 21.0. The minimum absolute atomic E-state index is 0.385. The van der Waals surface area contributed by atoms with Gasteiger partial charge in [0.05, 0.1) is 0 Å². The van der Waals surface area contributed by atoms with Crippen LogP contribution in [0.4, 0.5) is 0 Å². The summed E-state index contributed by atoms with van der Waals surface area (Å²) in [5, 5.41) is 0. The summed E-state index contributed by atoms with van der Waals surface area (Å²) in [5.74, 6) is 0.385. The van der Waals surface area contributed by atoms with Crippen molar-refractivity contribution in [3.8, 4) is 0 Å². The van der Waals surface area contributed by atoms with E-state index in [2.05, 4.69) is 31.2 Å². The molecule has 2 heteroatoms. The van der Waals surface area contributed by atoms with Crippen LogP contribution in [0.15, 0.2) is 24.3 Å². The molecule has 1 aliphatic heterocycles. The standard InChI is InChI=1S/C22H39NO/c1-2-3-4-5-6-7-8-9-10-11-12-13-14-15-16-19-22(24)23-20-17-18-21-23/h5-6,10-11H,2-4,7-9,12-21H2,1H3. The van der Waals surface area contributed by atoms with Crippen LogP contribution in [0.5, 0.6) is 0 Å². The molecule has 138 valence electrons. The van der Waals surface area contributed by atoms with E-state index in [1.165, 1.54) is 77.0 Å². The maximum Gasteiger partial charge on any atom is 0.222 e. The van der Waals surface area contributed by atoms with E-state index in [4.69, 9.17) is 0 Å². The van der Waals surface area contributed by atoms with Crippen molar-refractivity contribution in [1.29, 1.82) is 0 Å². The van der Waals surface area contributed by atoms with Crippen molar-refractivity contribution >= 4 is 5.91 Å². The Morgan fingerprint density at radius 2 is 1.29 bits per heavy atom. The summed E-state index contributed by atoms with van der Waals surface area (Å²) >= 11 is 0. The van der Waals surface area contributed by atoms with Crippen LogP contribution in [0.2, 0.25) is 0 Å². The second-order valence-corrected chi connectivity index (χ2v) is 7.06. The van der Waals surface area contributed by atoms with Crippen molar-refractivity contribution in [3.05, 3.63) is 24.3 Å². The van der Waals surface area contributed by atoms with Gasteiger partial charge in [0.1, 0.15) is 0 Å². The molecule has 0 saturated carbocycles. The van der Waals surface area contributed by atoms with Gasteiger partial charge in [-0.25, -0.2) is 0 Å². The highest BCUT2D eigenvalue weighted by Crippen LogP contribution is 2.12. The number of hydrogen-bond donors (Lipinski definition) is 0. The number of allylic oxidation sites excluding steroid dienone is 4. The Labute approximate surface area is 150 Å². The fourth-order valence-corrected chi connectivity index (χ4v) is 3.16. The predicted molar refractivity (Wildman–Crippen MR) is 105 cm³/mol. The monoisotopic (exact) mass is 333 g/mol. The average Bonchev–Trinajstić information content (AvgIpc) is 3.13. The zero-order valence-electron chi connectivity index (χ0n) is 16.0. The van der Waals surface area contributed by atoms with Gasteiger partial charge in [-0.05, 0) is 57.8 Å². The van der Waals surface area contributed by atoms with Gasteiger partial charge in [-0.3, -0.25) is 4.79 Å². The molecule has 0 spiro atoms. The highest BCUT2D eigenvalue weighted by molar-refractivity contribution is 5.76. The Balaban J connectivity index is 1.81. The smallest absolute Gasteiger partial charge is 0.222 e. The van der Waals surface area contributed by atoms with Crippen LogP contribution in [0.25, 0.3) is 0 Å². The van der Waals surface area contributed by atoms with E-state index in [9.17, 15) is 4.79 Å². The van der Waals surface area contributed by atoms with E-state index in [0.717, 1.165) is 25.9 Å². The molecule has 24 heavy (non-hydrogen) atoms. The van der Waals surface area contributed by atoms with Gasteiger partial charge in [0.25, 0.3) is 0 Å². The number of likely N-dealkylation sites (tertiary alicyclic amines) is 1. The summed E-state index contributed by atoms with van der Waals surface area (Å²) in [6.45, 7) is 4.24. The second kappa shape index (κ2) is 15.5. The van der Waals surface area contributed by atoms with E-state index in [-0.39, 0.29) is 0 Å². The molecule has 0 bridgehead atoms. The van der Waals surface area contributed by atoms with E-state index >= 15 is 0 Å². The SMILES string of the molecule is CCCCC=CCCCC=CCCCCCCC(=O)N1CCCC1. The molecule has 0 aromatic heterocycles. The summed E-state index contributed by atoms with van der Waals surface area (Å²) in [6.07, 6.45) is 26.1. The molecule has 1 rings (SSSR count). The van der Waals surface area contributed by atoms with Gasteiger partial charge in [0.2, 0.25) is 5.91 Å². The van der Waals surface area contributed by atoms with Crippen LogP contribution in [0.3, 0.4) is 0 Å². The van der Waals surface area contributed by atoms with E-state index < -0.39 is 0 Å². The summed E-state index contributed by atoms with van der Waals surface area (Å²) in [4.78, 5) is 13.9. The predicted octanol–water partition coefficient (Wildman–Crippen LogP) is 6.42. The summed E-state index contributed by atoms with van der Waals surface area (Å²) in [7, 11) is 0. The van der Waals surface area contributed by atoms with Gasteiger partial charge in [0, 0.05) is 19.5 Å². The lowest BCUT2D eigenvalue weighted by Crippen LogP contribution is -2.27. The van der Waals surface area contributed by atoms with E-state index in [0.29, 0.717) is 5.91 Å². The number of amides is 1. The molecule has 0 atom stereocenters. The zero-order chi connectivity index (χ0) is 17.3. The molecule has 0 aromatic rings. The molecule has 1 heterocycles.